The summed E-state index contributed by atoms with van der Waals surface area (Å²) in [6.45, 7) is 3.14. The number of rotatable bonds is 4. The lowest BCUT2D eigenvalue weighted by Gasteiger charge is -2.20. The molecule has 0 heterocycles. The van der Waals surface area contributed by atoms with Crippen molar-refractivity contribution in [2.45, 2.75) is 19.9 Å². The van der Waals surface area contributed by atoms with Crippen LogP contribution in [0.4, 0.5) is 5.69 Å². The molecule has 0 bridgehead atoms. The van der Waals surface area contributed by atoms with Crippen molar-refractivity contribution in [2.24, 2.45) is 0 Å². The van der Waals surface area contributed by atoms with Gasteiger partial charge in [0.05, 0.1) is 0 Å². The molecular formula is C16H19N. The van der Waals surface area contributed by atoms with Crippen LogP contribution < -0.4 is 4.90 Å². The highest BCUT2D eigenvalue weighted by molar-refractivity contribution is 5.48. The average Bonchev–Trinajstić information content (AvgIpc) is 2.40. The fraction of sp³-hybridized carbons (Fsp3) is 0.250. The summed E-state index contributed by atoms with van der Waals surface area (Å²) in [5.41, 5.74) is 4.02. The molecule has 2 aromatic carbocycles. The Morgan fingerprint density at radius 1 is 0.882 bits per heavy atom. The quantitative estimate of drug-likeness (QED) is 0.763. The molecule has 0 unspecified atom stereocenters. The second-order valence-corrected chi connectivity index (χ2v) is 4.37. The summed E-state index contributed by atoms with van der Waals surface area (Å²) in [5.74, 6) is 0. The summed E-state index contributed by atoms with van der Waals surface area (Å²) in [7, 11) is 2.14. The van der Waals surface area contributed by atoms with Gasteiger partial charge in [-0.2, -0.15) is 0 Å². The van der Waals surface area contributed by atoms with Gasteiger partial charge in [0.2, 0.25) is 0 Å². The number of hydrogen-bond donors (Lipinski definition) is 0. The van der Waals surface area contributed by atoms with E-state index in [0.29, 0.717) is 0 Å². The molecule has 17 heavy (non-hydrogen) atoms. The first kappa shape index (κ1) is 11.7. The van der Waals surface area contributed by atoms with Gasteiger partial charge >= 0.3 is 0 Å². The topological polar surface area (TPSA) is 3.24 Å². The van der Waals surface area contributed by atoms with E-state index in [4.69, 9.17) is 0 Å². The van der Waals surface area contributed by atoms with Gasteiger partial charge in [0.1, 0.15) is 0 Å². The van der Waals surface area contributed by atoms with Crippen molar-refractivity contribution in [3.8, 4) is 0 Å². The van der Waals surface area contributed by atoms with Crippen LogP contribution in [0.5, 0.6) is 0 Å². The van der Waals surface area contributed by atoms with Crippen molar-refractivity contribution in [3.63, 3.8) is 0 Å². The highest BCUT2D eigenvalue weighted by Crippen LogP contribution is 2.17. The van der Waals surface area contributed by atoms with Crippen LogP contribution in [0.3, 0.4) is 0 Å². The second kappa shape index (κ2) is 5.53. The minimum atomic E-state index is 0.952. The van der Waals surface area contributed by atoms with Gasteiger partial charge in [-0.3, -0.25) is 0 Å². The predicted octanol–water partition coefficient (Wildman–Crippen LogP) is 3.89. The number of anilines is 1. The molecule has 1 nitrogen and oxygen atoms in total. The molecule has 0 aliphatic rings. The molecule has 0 saturated carbocycles. The highest BCUT2D eigenvalue weighted by Gasteiger charge is 2.02. The van der Waals surface area contributed by atoms with Crippen molar-refractivity contribution in [2.75, 3.05) is 11.9 Å². The van der Waals surface area contributed by atoms with Gasteiger partial charge in [-0.1, -0.05) is 49.4 Å². The predicted molar refractivity (Wildman–Crippen MR) is 74.4 cm³/mol. The van der Waals surface area contributed by atoms with E-state index in [0.717, 1.165) is 13.0 Å². The lowest BCUT2D eigenvalue weighted by atomic mass is 10.1. The monoisotopic (exact) mass is 225 g/mol. The lowest BCUT2D eigenvalue weighted by Crippen LogP contribution is -2.16. The maximum Gasteiger partial charge on any atom is 0.0426 e. The van der Waals surface area contributed by atoms with Gasteiger partial charge in [0.25, 0.3) is 0 Å². The fourth-order valence-corrected chi connectivity index (χ4v) is 1.96. The van der Waals surface area contributed by atoms with Crippen LogP contribution in [0.25, 0.3) is 0 Å². The van der Waals surface area contributed by atoms with Crippen LogP contribution >= 0.6 is 0 Å². The molecule has 2 aromatic rings. The van der Waals surface area contributed by atoms with Crippen LogP contribution in [-0.2, 0) is 13.0 Å². The van der Waals surface area contributed by atoms with E-state index in [1.54, 1.807) is 0 Å². The third-order valence-corrected chi connectivity index (χ3v) is 3.02. The summed E-state index contributed by atoms with van der Waals surface area (Å²) in [4.78, 5) is 2.29. The first-order chi connectivity index (χ1) is 8.29. The Morgan fingerprint density at radius 3 is 2.29 bits per heavy atom. The summed E-state index contributed by atoms with van der Waals surface area (Å²) in [6, 6.07) is 19.3. The van der Waals surface area contributed by atoms with Crippen LogP contribution in [0.1, 0.15) is 18.1 Å². The van der Waals surface area contributed by atoms with Gasteiger partial charge in [-0.15, -0.1) is 0 Å². The van der Waals surface area contributed by atoms with Crippen molar-refractivity contribution in [1.82, 2.24) is 0 Å². The standard InChI is InChI=1S/C16H19N/c1-3-14-10-7-11-16(12-14)17(2)13-15-8-5-4-6-9-15/h4-12H,3,13H2,1-2H3. The average molecular weight is 225 g/mol. The van der Waals surface area contributed by atoms with Crippen LogP contribution in [-0.4, -0.2) is 7.05 Å². The zero-order valence-corrected chi connectivity index (χ0v) is 10.6. The Morgan fingerprint density at radius 2 is 1.59 bits per heavy atom. The van der Waals surface area contributed by atoms with Crippen molar-refractivity contribution >= 4 is 5.69 Å². The molecule has 0 amide bonds. The van der Waals surface area contributed by atoms with Crippen molar-refractivity contribution in [3.05, 3.63) is 65.7 Å². The minimum Gasteiger partial charge on any atom is -0.370 e. The maximum atomic E-state index is 2.29. The Hall–Kier alpha value is -1.76. The molecule has 0 fully saturated rings. The number of hydrogen-bond acceptors (Lipinski definition) is 1. The molecule has 0 aliphatic carbocycles. The van der Waals surface area contributed by atoms with Crippen LogP contribution in [0.15, 0.2) is 54.6 Å². The smallest absolute Gasteiger partial charge is 0.0426 e. The third-order valence-electron chi connectivity index (χ3n) is 3.02. The fourth-order valence-electron chi connectivity index (χ4n) is 1.96. The molecule has 0 saturated heterocycles. The summed E-state index contributed by atoms with van der Waals surface area (Å²) in [5, 5.41) is 0. The molecule has 0 aliphatic heterocycles. The van der Waals surface area contributed by atoms with E-state index < -0.39 is 0 Å². The van der Waals surface area contributed by atoms with Gasteiger partial charge in [0, 0.05) is 19.3 Å². The van der Waals surface area contributed by atoms with E-state index in [2.05, 4.69) is 73.5 Å². The van der Waals surface area contributed by atoms with E-state index in [1.807, 2.05) is 0 Å². The first-order valence-electron chi connectivity index (χ1n) is 6.13. The van der Waals surface area contributed by atoms with Crippen molar-refractivity contribution < 1.29 is 0 Å². The van der Waals surface area contributed by atoms with Gasteiger partial charge in [-0.25, -0.2) is 0 Å². The van der Waals surface area contributed by atoms with E-state index in [1.165, 1.54) is 16.8 Å². The lowest BCUT2D eigenvalue weighted by molar-refractivity contribution is 0.920. The Labute approximate surface area is 104 Å². The Kier molecular flexibility index (Phi) is 3.81. The molecule has 0 spiro atoms. The molecule has 88 valence electrons. The van der Waals surface area contributed by atoms with E-state index in [9.17, 15) is 0 Å². The minimum absolute atomic E-state index is 0.952. The number of nitrogens with zero attached hydrogens (tertiary/aromatic N) is 1. The zero-order valence-electron chi connectivity index (χ0n) is 10.6. The summed E-state index contributed by atoms with van der Waals surface area (Å²) in [6.07, 6.45) is 1.09. The zero-order chi connectivity index (χ0) is 12.1. The molecule has 0 N–H and O–H groups in total. The van der Waals surface area contributed by atoms with Crippen LogP contribution in [0, 0.1) is 0 Å². The Bertz CT molecular complexity index is 462. The van der Waals surface area contributed by atoms with Gasteiger partial charge < -0.3 is 4.90 Å². The van der Waals surface area contributed by atoms with E-state index >= 15 is 0 Å². The largest absolute Gasteiger partial charge is 0.370 e. The van der Waals surface area contributed by atoms with Gasteiger partial charge in [0.15, 0.2) is 0 Å². The SMILES string of the molecule is CCc1cccc(N(C)Cc2ccccc2)c1. The number of aryl methyl sites for hydroxylation is 1. The molecule has 0 atom stereocenters. The molecule has 0 radical (unpaired) electrons. The third kappa shape index (κ3) is 3.10. The molecular weight excluding hydrogens is 206 g/mol. The number of benzene rings is 2. The van der Waals surface area contributed by atoms with Crippen molar-refractivity contribution in [1.29, 1.82) is 0 Å². The van der Waals surface area contributed by atoms with E-state index in [-0.39, 0.29) is 0 Å². The second-order valence-electron chi connectivity index (χ2n) is 4.37. The van der Waals surface area contributed by atoms with Gasteiger partial charge in [-0.05, 0) is 29.7 Å². The highest BCUT2D eigenvalue weighted by atomic mass is 15.1. The molecule has 1 heteroatoms. The summed E-state index contributed by atoms with van der Waals surface area (Å²) < 4.78 is 0. The molecule has 2 rings (SSSR count). The Balaban J connectivity index is 2.11. The normalized spacial score (nSPS) is 10.2. The molecule has 0 aromatic heterocycles. The first-order valence-corrected chi connectivity index (χ1v) is 6.13. The summed E-state index contributed by atoms with van der Waals surface area (Å²) >= 11 is 0. The maximum absolute atomic E-state index is 2.29. The van der Waals surface area contributed by atoms with Crippen LogP contribution in [0.2, 0.25) is 0 Å².